The summed E-state index contributed by atoms with van der Waals surface area (Å²) in [6.07, 6.45) is 2.35. The Morgan fingerprint density at radius 1 is 1.00 bits per heavy atom. The maximum Gasteiger partial charge on any atom is 0.257 e. The number of nitrogens with zero attached hydrogens (tertiary/aromatic N) is 2. The molecule has 2 aromatic rings. The molecule has 2 bridgehead atoms. The highest BCUT2D eigenvalue weighted by molar-refractivity contribution is 5.97. The van der Waals surface area contributed by atoms with E-state index in [0.717, 1.165) is 25.2 Å². The highest BCUT2D eigenvalue weighted by atomic mass is 16.3. The lowest BCUT2D eigenvalue weighted by Gasteiger charge is -2.51. The van der Waals surface area contributed by atoms with Crippen molar-refractivity contribution in [3.63, 3.8) is 0 Å². The number of carbonyl (C=O) groups excluding carboxylic acids is 1. The Hall–Kier alpha value is -2.33. The standard InChI is InChI=1S/C23H26N2O2/c1-15-6-5-9-18(22(15)26)23(27)25-14-19(16-7-3-2-4-8-16)21-20(25)17-10-12-24(21)13-11-17/h2-9,17,19-21,26H,10-14H2,1H3/t19-,20-,21-/m1/s1. The van der Waals surface area contributed by atoms with E-state index in [-0.39, 0.29) is 17.7 Å². The molecule has 0 aliphatic carbocycles. The molecule has 0 radical (unpaired) electrons. The first-order chi connectivity index (χ1) is 13.1. The molecule has 4 fully saturated rings. The van der Waals surface area contributed by atoms with Crippen molar-refractivity contribution in [3.8, 4) is 5.75 Å². The maximum absolute atomic E-state index is 13.5. The summed E-state index contributed by atoms with van der Waals surface area (Å²) in [7, 11) is 0. The number of phenols is 1. The molecule has 1 amide bonds. The minimum Gasteiger partial charge on any atom is -0.507 e. The van der Waals surface area contributed by atoms with Gasteiger partial charge in [0, 0.05) is 18.5 Å². The smallest absolute Gasteiger partial charge is 0.257 e. The Labute approximate surface area is 160 Å². The summed E-state index contributed by atoms with van der Waals surface area (Å²) in [5, 5.41) is 10.5. The molecule has 0 spiro atoms. The number of likely N-dealkylation sites (tertiary alicyclic amines) is 1. The third-order valence-corrected chi connectivity index (χ3v) is 6.95. The van der Waals surface area contributed by atoms with E-state index in [1.165, 1.54) is 18.4 Å². The fourth-order valence-corrected chi connectivity index (χ4v) is 5.63. The van der Waals surface area contributed by atoms with Crippen molar-refractivity contribution in [1.82, 2.24) is 9.80 Å². The van der Waals surface area contributed by atoms with Gasteiger partial charge in [0.1, 0.15) is 5.75 Å². The van der Waals surface area contributed by atoms with Crippen molar-refractivity contribution in [1.29, 1.82) is 0 Å². The molecule has 4 heterocycles. The minimum absolute atomic E-state index is 0.0154. The molecule has 1 N–H and O–H groups in total. The van der Waals surface area contributed by atoms with Gasteiger partial charge in [-0.15, -0.1) is 0 Å². The van der Waals surface area contributed by atoms with E-state index in [1.54, 1.807) is 6.07 Å². The maximum atomic E-state index is 13.5. The molecule has 0 unspecified atom stereocenters. The molecule has 4 aliphatic rings. The normalized spacial score (nSPS) is 31.7. The number of hydrogen-bond acceptors (Lipinski definition) is 3. The van der Waals surface area contributed by atoms with E-state index in [4.69, 9.17) is 0 Å². The average molecular weight is 362 g/mol. The van der Waals surface area contributed by atoms with Crippen LogP contribution < -0.4 is 0 Å². The van der Waals surface area contributed by atoms with E-state index in [2.05, 4.69) is 40.1 Å². The second kappa shape index (κ2) is 6.38. The van der Waals surface area contributed by atoms with Gasteiger partial charge in [-0.1, -0.05) is 42.5 Å². The number of piperidine rings is 3. The monoisotopic (exact) mass is 362 g/mol. The van der Waals surface area contributed by atoms with Crippen LogP contribution in [-0.4, -0.2) is 52.5 Å². The van der Waals surface area contributed by atoms with E-state index < -0.39 is 0 Å². The van der Waals surface area contributed by atoms with Crippen molar-refractivity contribution in [2.45, 2.75) is 37.8 Å². The lowest BCUT2D eigenvalue weighted by atomic mass is 9.75. The molecule has 4 nitrogen and oxygen atoms in total. The van der Waals surface area contributed by atoms with Gasteiger partial charge in [0.05, 0.1) is 11.6 Å². The van der Waals surface area contributed by atoms with Crippen LogP contribution in [0.15, 0.2) is 48.5 Å². The average Bonchev–Trinajstić information content (AvgIpc) is 3.14. The minimum atomic E-state index is -0.0154. The molecule has 0 saturated carbocycles. The van der Waals surface area contributed by atoms with Gasteiger partial charge in [-0.3, -0.25) is 9.69 Å². The van der Waals surface area contributed by atoms with Crippen LogP contribution in [0.4, 0.5) is 0 Å². The Morgan fingerprint density at radius 3 is 2.48 bits per heavy atom. The van der Waals surface area contributed by atoms with Crippen molar-refractivity contribution < 1.29 is 9.90 Å². The quantitative estimate of drug-likeness (QED) is 0.890. The summed E-state index contributed by atoms with van der Waals surface area (Å²) < 4.78 is 0. The van der Waals surface area contributed by atoms with Gasteiger partial charge in [-0.25, -0.2) is 0 Å². The SMILES string of the molecule is Cc1cccc(C(=O)N2C[C@H](c3ccccc3)[C@@H]3[C@H]2C2CCN3CC2)c1O. The van der Waals surface area contributed by atoms with Crippen LogP contribution in [0, 0.1) is 12.8 Å². The number of para-hydroxylation sites is 1. The summed E-state index contributed by atoms with van der Waals surface area (Å²) in [5.41, 5.74) is 2.52. The molecule has 4 aliphatic heterocycles. The molecule has 140 valence electrons. The third-order valence-electron chi connectivity index (χ3n) is 6.95. The number of benzene rings is 2. The number of fused-ring (bicyclic) bond motifs is 2. The number of phenolic OH excluding ortho intramolecular Hbond substituents is 1. The summed E-state index contributed by atoms with van der Waals surface area (Å²) in [4.78, 5) is 18.2. The largest absolute Gasteiger partial charge is 0.507 e. The molecule has 2 aromatic carbocycles. The molecule has 4 saturated heterocycles. The van der Waals surface area contributed by atoms with Crippen LogP contribution in [0.3, 0.4) is 0 Å². The predicted octanol–water partition coefficient (Wildman–Crippen LogP) is 3.40. The topological polar surface area (TPSA) is 43.8 Å². The lowest BCUT2D eigenvalue weighted by molar-refractivity contribution is -0.00348. The van der Waals surface area contributed by atoms with Gasteiger partial charge in [0.15, 0.2) is 0 Å². The number of aryl methyl sites for hydroxylation is 1. The highest BCUT2D eigenvalue weighted by Gasteiger charge is 2.54. The van der Waals surface area contributed by atoms with Crippen molar-refractivity contribution >= 4 is 5.91 Å². The first-order valence-corrected chi connectivity index (χ1v) is 10.0. The fraction of sp³-hybridized carbons (Fsp3) is 0.435. The van der Waals surface area contributed by atoms with E-state index >= 15 is 0 Å². The molecular formula is C23H26N2O2. The summed E-state index contributed by atoms with van der Waals surface area (Å²) >= 11 is 0. The van der Waals surface area contributed by atoms with Crippen molar-refractivity contribution in [2.75, 3.05) is 19.6 Å². The van der Waals surface area contributed by atoms with Crippen LogP contribution in [-0.2, 0) is 0 Å². The summed E-state index contributed by atoms with van der Waals surface area (Å²) in [5.74, 6) is 1.03. The Kier molecular flexibility index (Phi) is 3.97. The first kappa shape index (κ1) is 16.8. The van der Waals surface area contributed by atoms with Crippen LogP contribution in [0.25, 0.3) is 0 Å². The number of aromatic hydroxyl groups is 1. The van der Waals surface area contributed by atoms with Crippen LogP contribution in [0.2, 0.25) is 0 Å². The highest BCUT2D eigenvalue weighted by Crippen LogP contribution is 2.47. The van der Waals surface area contributed by atoms with Gasteiger partial charge in [0.25, 0.3) is 5.91 Å². The zero-order valence-corrected chi connectivity index (χ0v) is 15.7. The molecule has 0 aromatic heterocycles. The van der Waals surface area contributed by atoms with Crippen molar-refractivity contribution in [3.05, 3.63) is 65.2 Å². The second-order valence-electron chi connectivity index (χ2n) is 8.30. The number of hydrogen-bond donors (Lipinski definition) is 1. The zero-order valence-electron chi connectivity index (χ0n) is 15.7. The molecule has 3 atom stereocenters. The van der Waals surface area contributed by atoms with Crippen LogP contribution in [0.1, 0.15) is 40.2 Å². The number of rotatable bonds is 2. The summed E-state index contributed by atoms with van der Waals surface area (Å²) in [6.45, 7) is 4.87. The van der Waals surface area contributed by atoms with Crippen molar-refractivity contribution in [2.24, 2.45) is 5.92 Å². The van der Waals surface area contributed by atoms with Gasteiger partial charge in [-0.05, 0) is 56.0 Å². The zero-order chi connectivity index (χ0) is 18.5. The molecule has 6 rings (SSSR count). The number of amides is 1. The van der Waals surface area contributed by atoms with Gasteiger partial charge >= 0.3 is 0 Å². The fourth-order valence-electron chi connectivity index (χ4n) is 5.63. The molecular weight excluding hydrogens is 336 g/mol. The van der Waals surface area contributed by atoms with Crippen LogP contribution in [0.5, 0.6) is 5.75 Å². The first-order valence-electron chi connectivity index (χ1n) is 10.0. The number of carbonyl (C=O) groups is 1. The second-order valence-corrected chi connectivity index (χ2v) is 8.30. The predicted molar refractivity (Wildman–Crippen MR) is 105 cm³/mol. The molecule has 27 heavy (non-hydrogen) atoms. The van der Waals surface area contributed by atoms with E-state index in [9.17, 15) is 9.90 Å². The van der Waals surface area contributed by atoms with E-state index in [0.29, 0.717) is 23.4 Å². The Morgan fingerprint density at radius 2 is 1.74 bits per heavy atom. The third kappa shape index (κ3) is 2.58. The Balaban J connectivity index is 1.55. The van der Waals surface area contributed by atoms with Gasteiger partial charge in [-0.2, -0.15) is 0 Å². The lowest BCUT2D eigenvalue weighted by Crippen LogP contribution is -2.60. The van der Waals surface area contributed by atoms with Crippen LogP contribution >= 0.6 is 0 Å². The van der Waals surface area contributed by atoms with Gasteiger partial charge in [0.2, 0.25) is 0 Å². The van der Waals surface area contributed by atoms with Gasteiger partial charge < -0.3 is 10.0 Å². The molecule has 4 heteroatoms. The van der Waals surface area contributed by atoms with E-state index in [1.807, 2.05) is 19.1 Å². The summed E-state index contributed by atoms with van der Waals surface area (Å²) in [6, 6.07) is 16.8. The Bertz CT molecular complexity index is 858.